The Labute approximate surface area is 106 Å². The van der Waals surface area contributed by atoms with E-state index in [1.807, 2.05) is 12.1 Å². The van der Waals surface area contributed by atoms with E-state index in [-0.39, 0.29) is 5.91 Å². The Morgan fingerprint density at radius 2 is 2.06 bits per heavy atom. The van der Waals surface area contributed by atoms with Crippen molar-refractivity contribution in [2.24, 2.45) is 5.92 Å². The Bertz CT molecular complexity index is 392. The molecule has 0 aliphatic rings. The smallest absolute Gasteiger partial charge is 0.306 e. The molecule has 1 atom stereocenters. The third-order valence-corrected chi connectivity index (χ3v) is 2.71. The van der Waals surface area contributed by atoms with Crippen LogP contribution in [-0.2, 0) is 16.0 Å². The van der Waals surface area contributed by atoms with Crippen LogP contribution in [0, 0.1) is 5.92 Å². The van der Waals surface area contributed by atoms with Crippen molar-refractivity contribution in [1.29, 1.82) is 0 Å². The second-order valence-electron chi connectivity index (χ2n) is 4.23. The highest BCUT2D eigenvalue weighted by molar-refractivity contribution is 5.76. The van der Waals surface area contributed by atoms with E-state index in [0.29, 0.717) is 25.8 Å². The summed E-state index contributed by atoms with van der Waals surface area (Å²) < 4.78 is 0. The molecule has 18 heavy (non-hydrogen) atoms. The summed E-state index contributed by atoms with van der Waals surface area (Å²) in [5.41, 5.74) is 1.07. The number of carboxylic acids is 1. The van der Waals surface area contributed by atoms with E-state index in [0.717, 1.165) is 5.56 Å². The number of carbonyl (C=O) groups is 2. The molecule has 0 saturated carbocycles. The molecule has 0 aliphatic heterocycles. The molecule has 1 aromatic heterocycles. The lowest BCUT2D eigenvalue weighted by Crippen LogP contribution is -2.27. The molecule has 1 aromatic rings. The molecule has 0 aliphatic carbocycles. The quantitative estimate of drug-likeness (QED) is 0.763. The number of carboxylic acid groups (broad SMARTS) is 1. The largest absolute Gasteiger partial charge is 0.481 e. The number of hydrogen-bond donors (Lipinski definition) is 2. The molecular formula is C13H18N2O3. The van der Waals surface area contributed by atoms with Crippen molar-refractivity contribution in [3.8, 4) is 0 Å². The topological polar surface area (TPSA) is 79.3 Å². The highest BCUT2D eigenvalue weighted by Crippen LogP contribution is 2.02. The van der Waals surface area contributed by atoms with Gasteiger partial charge < -0.3 is 10.4 Å². The molecule has 0 radical (unpaired) electrons. The Morgan fingerprint density at radius 1 is 1.39 bits per heavy atom. The summed E-state index contributed by atoms with van der Waals surface area (Å²) in [6, 6.07) is 3.75. The number of aryl methyl sites for hydroxylation is 1. The maximum absolute atomic E-state index is 11.5. The number of pyridine rings is 1. The van der Waals surface area contributed by atoms with E-state index >= 15 is 0 Å². The maximum Gasteiger partial charge on any atom is 0.306 e. The summed E-state index contributed by atoms with van der Waals surface area (Å²) >= 11 is 0. The number of amides is 1. The summed E-state index contributed by atoms with van der Waals surface area (Å²) in [6.07, 6.45) is 4.92. The van der Waals surface area contributed by atoms with Gasteiger partial charge in [0, 0.05) is 25.4 Å². The minimum atomic E-state index is -0.832. The number of nitrogens with one attached hydrogen (secondary N) is 1. The summed E-state index contributed by atoms with van der Waals surface area (Å²) in [4.78, 5) is 26.0. The third-order valence-electron chi connectivity index (χ3n) is 2.71. The first-order valence-electron chi connectivity index (χ1n) is 5.98. The fraction of sp³-hybridized carbons (Fsp3) is 0.462. The molecule has 0 saturated heterocycles. The molecule has 0 spiro atoms. The van der Waals surface area contributed by atoms with Crippen molar-refractivity contribution in [3.05, 3.63) is 30.1 Å². The van der Waals surface area contributed by atoms with Gasteiger partial charge in [0.1, 0.15) is 0 Å². The molecule has 0 fully saturated rings. The van der Waals surface area contributed by atoms with E-state index in [1.165, 1.54) is 0 Å². The van der Waals surface area contributed by atoms with Gasteiger partial charge in [-0.05, 0) is 30.5 Å². The van der Waals surface area contributed by atoms with E-state index in [9.17, 15) is 9.59 Å². The lowest BCUT2D eigenvalue weighted by Gasteiger charge is -2.07. The monoisotopic (exact) mass is 250 g/mol. The van der Waals surface area contributed by atoms with E-state index in [4.69, 9.17) is 5.11 Å². The van der Waals surface area contributed by atoms with Crippen molar-refractivity contribution in [2.45, 2.75) is 26.2 Å². The van der Waals surface area contributed by atoms with Gasteiger partial charge in [0.25, 0.3) is 0 Å². The molecule has 5 heteroatoms. The van der Waals surface area contributed by atoms with Crippen LogP contribution in [0.1, 0.15) is 25.3 Å². The van der Waals surface area contributed by atoms with Crippen molar-refractivity contribution < 1.29 is 14.7 Å². The normalized spacial score (nSPS) is 11.8. The Morgan fingerprint density at radius 3 is 2.67 bits per heavy atom. The molecule has 1 rings (SSSR count). The predicted octanol–water partition coefficient (Wildman–Crippen LogP) is 1.24. The van der Waals surface area contributed by atoms with Gasteiger partial charge in [-0.2, -0.15) is 0 Å². The van der Waals surface area contributed by atoms with Crippen LogP contribution in [0.25, 0.3) is 0 Å². The van der Waals surface area contributed by atoms with Crippen molar-refractivity contribution in [3.63, 3.8) is 0 Å². The second-order valence-corrected chi connectivity index (χ2v) is 4.23. The minimum absolute atomic E-state index is 0.0515. The maximum atomic E-state index is 11.5. The van der Waals surface area contributed by atoms with Gasteiger partial charge in [0.15, 0.2) is 0 Å². The fourth-order valence-electron chi connectivity index (χ4n) is 1.45. The number of aliphatic carboxylic acids is 1. The molecule has 1 heterocycles. The molecule has 0 bridgehead atoms. The molecule has 1 amide bonds. The molecule has 1 unspecified atom stereocenters. The van der Waals surface area contributed by atoms with Crippen LogP contribution < -0.4 is 5.32 Å². The Hall–Kier alpha value is -1.91. The molecule has 2 N–H and O–H groups in total. The van der Waals surface area contributed by atoms with Gasteiger partial charge in [-0.15, -0.1) is 0 Å². The fourth-order valence-corrected chi connectivity index (χ4v) is 1.45. The van der Waals surface area contributed by atoms with Crippen LogP contribution in [0.3, 0.4) is 0 Å². The van der Waals surface area contributed by atoms with Crippen LogP contribution in [0.15, 0.2) is 24.5 Å². The van der Waals surface area contributed by atoms with Gasteiger partial charge in [-0.1, -0.05) is 6.92 Å². The summed E-state index contributed by atoms with van der Waals surface area (Å²) in [7, 11) is 0. The molecular weight excluding hydrogens is 232 g/mol. The first-order valence-corrected chi connectivity index (χ1v) is 5.98. The molecule has 98 valence electrons. The Kier molecular flexibility index (Phi) is 5.84. The highest BCUT2D eigenvalue weighted by atomic mass is 16.4. The van der Waals surface area contributed by atoms with Crippen molar-refractivity contribution in [2.75, 3.05) is 6.54 Å². The summed E-state index contributed by atoms with van der Waals surface area (Å²) in [5, 5.41) is 11.4. The number of hydrogen-bond acceptors (Lipinski definition) is 3. The van der Waals surface area contributed by atoms with Crippen LogP contribution in [-0.4, -0.2) is 28.5 Å². The first kappa shape index (κ1) is 14.2. The molecule has 0 aromatic carbocycles. The molecule has 5 nitrogen and oxygen atoms in total. The summed E-state index contributed by atoms with van der Waals surface area (Å²) in [6.45, 7) is 2.04. The third kappa shape index (κ3) is 5.43. The predicted molar refractivity (Wildman–Crippen MR) is 67.0 cm³/mol. The zero-order valence-electron chi connectivity index (χ0n) is 10.4. The van der Waals surface area contributed by atoms with Gasteiger partial charge in [-0.3, -0.25) is 14.6 Å². The van der Waals surface area contributed by atoms with Crippen molar-refractivity contribution >= 4 is 11.9 Å². The van der Waals surface area contributed by atoms with Gasteiger partial charge in [0.2, 0.25) is 5.91 Å². The zero-order chi connectivity index (χ0) is 13.4. The van der Waals surface area contributed by atoms with Crippen LogP contribution in [0.4, 0.5) is 0 Å². The second kappa shape index (κ2) is 7.42. The minimum Gasteiger partial charge on any atom is -0.481 e. The average Bonchev–Trinajstić information content (AvgIpc) is 2.37. The summed E-state index contributed by atoms with van der Waals surface area (Å²) in [5.74, 6) is -1.31. The average molecular weight is 250 g/mol. The van der Waals surface area contributed by atoms with Crippen molar-refractivity contribution in [1.82, 2.24) is 10.3 Å². The van der Waals surface area contributed by atoms with Crippen LogP contribution >= 0.6 is 0 Å². The zero-order valence-corrected chi connectivity index (χ0v) is 10.4. The van der Waals surface area contributed by atoms with Gasteiger partial charge in [0.05, 0.1) is 5.92 Å². The van der Waals surface area contributed by atoms with Crippen LogP contribution in [0.5, 0.6) is 0 Å². The number of rotatable bonds is 7. The van der Waals surface area contributed by atoms with Crippen LogP contribution in [0.2, 0.25) is 0 Å². The van der Waals surface area contributed by atoms with E-state index in [1.54, 1.807) is 19.3 Å². The lowest BCUT2D eigenvalue weighted by atomic mass is 10.1. The number of nitrogens with zero attached hydrogens (tertiary/aromatic N) is 1. The Balaban J connectivity index is 2.17. The van der Waals surface area contributed by atoms with E-state index in [2.05, 4.69) is 10.3 Å². The standard InChI is InChI=1S/C13H18N2O3/c1-10(13(17)18)4-9-15-12(16)3-2-11-5-7-14-8-6-11/h5-8,10H,2-4,9H2,1H3,(H,15,16)(H,17,18). The first-order chi connectivity index (χ1) is 8.59. The number of carbonyl (C=O) groups excluding carboxylic acids is 1. The van der Waals surface area contributed by atoms with Gasteiger partial charge >= 0.3 is 5.97 Å². The van der Waals surface area contributed by atoms with E-state index < -0.39 is 11.9 Å². The SMILES string of the molecule is CC(CCNC(=O)CCc1ccncc1)C(=O)O. The lowest BCUT2D eigenvalue weighted by molar-refractivity contribution is -0.141. The number of aromatic nitrogens is 1. The highest BCUT2D eigenvalue weighted by Gasteiger charge is 2.10. The van der Waals surface area contributed by atoms with Gasteiger partial charge in [-0.25, -0.2) is 0 Å².